The molecule has 2 heterocycles. The summed E-state index contributed by atoms with van der Waals surface area (Å²) in [5, 5.41) is 3.44. The lowest BCUT2D eigenvalue weighted by Crippen LogP contribution is -2.57. The number of rotatable bonds is 4. The Hall–Kier alpha value is -1.02. The van der Waals surface area contributed by atoms with Crippen LogP contribution in [0.15, 0.2) is 4.99 Å². The fourth-order valence-electron chi connectivity index (χ4n) is 3.78. The van der Waals surface area contributed by atoms with Crippen molar-refractivity contribution in [1.29, 1.82) is 0 Å². The van der Waals surface area contributed by atoms with Crippen molar-refractivity contribution in [1.82, 2.24) is 20.0 Å². The van der Waals surface area contributed by atoms with Gasteiger partial charge in [0.25, 0.3) is 0 Å². The molecule has 5 nitrogen and oxygen atoms in total. The molecule has 0 aromatic rings. The largest absolute Gasteiger partial charge is 0.403 e. The van der Waals surface area contributed by atoms with Gasteiger partial charge >= 0.3 is 6.18 Å². The van der Waals surface area contributed by atoms with Crippen LogP contribution in [0.1, 0.15) is 33.1 Å². The number of alkyl halides is 3. The molecule has 2 saturated heterocycles. The van der Waals surface area contributed by atoms with E-state index >= 15 is 0 Å². The van der Waals surface area contributed by atoms with Gasteiger partial charge in [0, 0.05) is 45.8 Å². The lowest BCUT2D eigenvalue weighted by molar-refractivity contribution is -0.181. The van der Waals surface area contributed by atoms with Crippen LogP contribution in [0.5, 0.6) is 0 Å². The van der Waals surface area contributed by atoms with Crippen LogP contribution in [-0.4, -0.2) is 91.8 Å². The molecule has 0 radical (unpaired) electrons. The Labute approximate surface area is 149 Å². The number of likely N-dealkylation sites (tertiary alicyclic amines) is 1. The average Bonchev–Trinajstić information content (AvgIpc) is 2.61. The van der Waals surface area contributed by atoms with Gasteiger partial charge in [0.2, 0.25) is 0 Å². The molecule has 8 heteroatoms. The maximum Gasteiger partial charge on any atom is 0.403 e. The zero-order chi connectivity index (χ0) is 18.4. The van der Waals surface area contributed by atoms with E-state index in [4.69, 9.17) is 0 Å². The Bertz CT molecular complexity index is 432. The first-order valence-electron chi connectivity index (χ1n) is 9.37. The van der Waals surface area contributed by atoms with E-state index in [0.717, 1.165) is 25.6 Å². The smallest absolute Gasteiger partial charge is 0.355 e. The molecule has 2 unspecified atom stereocenters. The molecule has 0 saturated carbocycles. The maximum absolute atomic E-state index is 12.9. The lowest BCUT2D eigenvalue weighted by atomic mass is 10.0. The molecule has 146 valence electrons. The highest BCUT2D eigenvalue weighted by atomic mass is 19.4. The van der Waals surface area contributed by atoms with Crippen LogP contribution in [0, 0.1) is 0 Å². The van der Waals surface area contributed by atoms with E-state index in [-0.39, 0.29) is 0 Å². The predicted octanol–water partition coefficient (Wildman–Crippen LogP) is 2.00. The van der Waals surface area contributed by atoms with Crippen LogP contribution >= 0.6 is 0 Å². The first kappa shape index (κ1) is 20.3. The highest BCUT2D eigenvalue weighted by Gasteiger charge is 2.41. The zero-order valence-corrected chi connectivity index (χ0v) is 15.6. The number of hydrogen-bond donors (Lipinski definition) is 1. The number of nitrogens with zero attached hydrogens (tertiary/aromatic N) is 4. The topological polar surface area (TPSA) is 34.1 Å². The SMILES string of the molecule is CCN1CCCCC1CNC(=NC)N1CCN(C(C)C(F)(F)F)CC1. The lowest BCUT2D eigenvalue weighted by Gasteiger charge is -2.40. The Kier molecular flexibility index (Phi) is 7.37. The molecule has 2 aliphatic rings. The minimum atomic E-state index is -4.16. The van der Waals surface area contributed by atoms with Gasteiger partial charge < -0.3 is 10.2 Å². The van der Waals surface area contributed by atoms with E-state index in [2.05, 4.69) is 27.0 Å². The van der Waals surface area contributed by atoms with Crippen LogP contribution in [0.2, 0.25) is 0 Å². The molecule has 2 aliphatic heterocycles. The quantitative estimate of drug-likeness (QED) is 0.612. The summed E-state index contributed by atoms with van der Waals surface area (Å²) < 4.78 is 38.6. The minimum Gasteiger partial charge on any atom is -0.355 e. The zero-order valence-electron chi connectivity index (χ0n) is 15.6. The second kappa shape index (κ2) is 9.07. The summed E-state index contributed by atoms with van der Waals surface area (Å²) in [6.45, 7) is 8.44. The molecule has 0 aromatic heterocycles. The van der Waals surface area contributed by atoms with E-state index in [1.165, 1.54) is 31.1 Å². The number of nitrogens with one attached hydrogen (secondary N) is 1. The summed E-state index contributed by atoms with van der Waals surface area (Å²) in [5.74, 6) is 0.806. The minimum absolute atomic E-state index is 0.409. The van der Waals surface area contributed by atoms with Crippen LogP contribution in [-0.2, 0) is 0 Å². The fraction of sp³-hybridized carbons (Fsp3) is 0.941. The highest BCUT2D eigenvalue weighted by Crippen LogP contribution is 2.25. The summed E-state index contributed by atoms with van der Waals surface area (Å²) in [6.07, 6.45) is -0.449. The third kappa shape index (κ3) is 5.48. The fourth-order valence-corrected chi connectivity index (χ4v) is 3.78. The van der Waals surface area contributed by atoms with Crippen LogP contribution in [0.25, 0.3) is 0 Å². The molecular weight excluding hydrogens is 331 g/mol. The van der Waals surface area contributed by atoms with Crippen molar-refractivity contribution in [3.05, 3.63) is 0 Å². The second-order valence-electron chi connectivity index (χ2n) is 6.95. The summed E-state index contributed by atoms with van der Waals surface area (Å²) in [7, 11) is 1.74. The van der Waals surface area contributed by atoms with Crippen molar-refractivity contribution < 1.29 is 13.2 Å². The van der Waals surface area contributed by atoms with Crippen LogP contribution < -0.4 is 5.32 Å². The molecular formula is C17H32F3N5. The molecule has 0 bridgehead atoms. The average molecular weight is 363 g/mol. The number of piperazine rings is 1. The summed E-state index contributed by atoms with van der Waals surface area (Å²) in [5.41, 5.74) is 0. The summed E-state index contributed by atoms with van der Waals surface area (Å²) >= 11 is 0. The van der Waals surface area contributed by atoms with Gasteiger partial charge in [-0.05, 0) is 32.9 Å². The summed E-state index contributed by atoms with van der Waals surface area (Å²) in [6, 6.07) is -0.869. The Morgan fingerprint density at radius 3 is 2.40 bits per heavy atom. The van der Waals surface area contributed by atoms with Gasteiger partial charge in [0.15, 0.2) is 5.96 Å². The Morgan fingerprint density at radius 1 is 1.16 bits per heavy atom. The molecule has 1 N–H and O–H groups in total. The van der Waals surface area contributed by atoms with Gasteiger partial charge in [-0.15, -0.1) is 0 Å². The third-order valence-electron chi connectivity index (χ3n) is 5.50. The monoisotopic (exact) mass is 363 g/mol. The molecule has 0 aromatic carbocycles. The van der Waals surface area contributed by atoms with Crippen molar-refractivity contribution in [2.24, 2.45) is 4.99 Å². The van der Waals surface area contributed by atoms with Gasteiger partial charge in [0.1, 0.15) is 6.04 Å². The number of hydrogen-bond acceptors (Lipinski definition) is 3. The first-order valence-corrected chi connectivity index (χ1v) is 9.37. The van der Waals surface area contributed by atoms with E-state index in [1.54, 1.807) is 7.05 Å². The van der Waals surface area contributed by atoms with Gasteiger partial charge in [-0.2, -0.15) is 13.2 Å². The number of halogens is 3. The molecule has 0 amide bonds. The van der Waals surface area contributed by atoms with Crippen molar-refractivity contribution in [2.75, 3.05) is 52.9 Å². The van der Waals surface area contributed by atoms with E-state index in [0.29, 0.717) is 32.2 Å². The van der Waals surface area contributed by atoms with Gasteiger partial charge in [-0.25, -0.2) is 0 Å². The maximum atomic E-state index is 12.9. The predicted molar refractivity (Wildman–Crippen MR) is 94.9 cm³/mol. The molecule has 2 rings (SSSR count). The molecule has 0 aliphatic carbocycles. The first-order chi connectivity index (χ1) is 11.9. The number of likely N-dealkylation sites (N-methyl/N-ethyl adjacent to an activating group) is 1. The van der Waals surface area contributed by atoms with Gasteiger partial charge in [-0.3, -0.25) is 14.8 Å². The normalized spacial score (nSPS) is 25.9. The standard InChI is InChI=1S/C17H32F3N5/c1-4-23-8-6-5-7-15(23)13-22-16(21-3)25-11-9-24(10-12-25)14(2)17(18,19)20/h14-15H,4-13H2,1-3H3,(H,21,22). The second-order valence-corrected chi connectivity index (χ2v) is 6.95. The van der Waals surface area contributed by atoms with Gasteiger partial charge in [0.05, 0.1) is 0 Å². The van der Waals surface area contributed by atoms with Crippen LogP contribution in [0.4, 0.5) is 13.2 Å². The van der Waals surface area contributed by atoms with E-state index in [9.17, 15) is 13.2 Å². The van der Waals surface area contributed by atoms with Crippen molar-refractivity contribution in [3.8, 4) is 0 Å². The van der Waals surface area contributed by atoms with E-state index in [1.807, 2.05) is 0 Å². The molecule has 2 atom stereocenters. The third-order valence-corrected chi connectivity index (χ3v) is 5.50. The molecule has 2 fully saturated rings. The number of piperidine rings is 1. The summed E-state index contributed by atoms with van der Waals surface area (Å²) in [4.78, 5) is 10.4. The van der Waals surface area contributed by atoms with Crippen molar-refractivity contribution >= 4 is 5.96 Å². The molecule has 0 spiro atoms. The van der Waals surface area contributed by atoms with E-state index < -0.39 is 12.2 Å². The Balaban J connectivity index is 1.82. The number of guanidine groups is 1. The molecule has 25 heavy (non-hydrogen) atoms. The van der Waals surface area contributed by atoms with Crippen LogP contribution in [0.3, 0.4) is 0 Å². The van der Waals surface area contributed by atoms with Crippen molar-refractivity contribution in [3.63, 3.8) is 0 Å². The van der Waals surface area contributed by atoms with Crippen molar-refractivity contribution in [2.45, 2.75) is 51.4 Å². The Morgan fingerprint density at radius 2 is 1.84 bits per heavy atom. The number of aliphatic imine (C=N–C) groups is 1. The van der Waals surface area contributed by atoms with Gasteiger partial charge in [-0.1, -0.05) is 13.3 Å². The highest BCUT2D eigenvalue weighted by molar-refractivity contribution is 5.80.